The number of halogens is 1. The number of amides is 2. The van der Waals surface area contributed by atoms with Crippen molar-refractivity contribution in [2.75, 3.05) is 6.54 Å². The second-order valence-electron chi connectivity index (χ2n) is 3.88. The molecule has 1 aromatic carbocycles. The van der Waals surface area contributed by atoms with Crippen molar-refractivity contribution in [3.05, 3.63) is 40.9 Å². The van der Waals surface area contributed by atoms with E-state index in [1.807, 2.05) is 12.1 Å². The van der Waals surface area contributed by atoms with Crippen molar-refractivity contribution in [3.63, 3.8) is 0 Å². The van der Waals surface area contributed by atoms with Gasteiger partial charge < -0.3 is 0 Å². The van der Waals surface area contributed by atoms with E-state index >= 15 is 0 Å². The fourth-order valence-electron chi connectivity index (χ4n) is 1.75. The zero-order valence-corrected chi connectivity index (χ0v) is 9.98. The maximum atomic E-state index is 11.7. The molecule has 0 aliphatic carbocycles. The third-order valence-corrected chi connectivity index (χ3v) is 2.84. The van der Waals surface area contributed by atoms with E-state index in [0.717, 1.165) is 12.0 Å². The largest absolute Gasteiger partial charge is 0.279 e. The summed E-state index contributed by atoms with van der Waals surface area (Å²) in [4.78, 5) is 24.3. The van der Waals surface area contributed by atoms with Crippen molar-refractivity contribution < 1.29 is 9.59 Å². The Kier molecular flexibility index (Phi) is 3.59. The van der Waals surface area contributed by atoms with Gasteiger partial charge in [0.25, 0.3) is 5.91 Å². The second kappa shape index (κ2) is 5.15. The summed E-state index contributed by atoms with van der Waals surface area (Å²) in [6, 6.07) is 7.19. The van der Waals surface area contributed by atoms with Crippen LogP contribution in [-0.2, 0) is 9.59 Å². The lowest BCUT2D eigenvalue weighted by molar-refractivity contribution is -0.138. The quantitative estimate of drug-likeness (QED) is 0.756. The maximum absolute atomic E-state index is 11.7. The third-order valence-electron chi connectivity index (χ3n) is 2.61. The van der Waals surface area contributed by atoms with Gasteiger partial charge in [0.1, 0.15) is 0 Å². The Morgan fingerprint density at radius 2 is 2.24 bits per heavy atom. The average molecular weight is 250 g/mol. The lowest BCUT2D eigenvalue weighted by atomic mass is 10.2. The van der Waals surface area contributed by atoms with E-state index in [1.54, 1.807) is 18.2 Å². The molecular weight excluding hydrogens is 238 g/mol. The molecule has 0 aromatic heterocycles. The van der Waals surface area contributed by atoms with Crippen molar-refractivity contribution in [2.45, 2.75) is 12.8 Å². The molecule has 1 saturated heterocycles. The first kappa shape index (κ1) is 11.9. The highest BCUT2D eigenvalue weighted by atomic mass is 35.5. The van der Waals surface area contributed by atoms with Crippen molar-refractivity contribution in [1.82, 2.24) is 4.90 Å². The molecule has 0 atom stereocenters. The average Bonchev–Trinajstić information content (AvgIpc) is 2.72. The first-order valence-corrected chi connectivity index (χ1v) is 5.82. The summed E-state index contributed by atoms with van der Waals surface area (Å²) in [7, 11) is 0. The van der Waals surface area contributed by atoms with Crippen LogP contribution in [0.5, 0.6) is 0 Å². The lowest BCUT2D eigenvalue weighted by Crippen LogP contribution is -2.30. The molecule has 1 aliphatic rings. The molecule has 0 unspecified atom stereocenters. The minimum absolute atomic E-state index is 0.0919. The van der Waals surface area contributed by atoms with Gasteiger partial charge in [0.15, 0.2) is 0 Å². The molecule has 1 aromatic rings. The molecule has 88 valence electrons. The molecule has 3 nitrogen and oxygen atoms in total. The molecule has 1 aliphatic heterocycles. The Morgan fingerprint density at radius 1 is 1.41 bits per heavy atom. The molecule has 0 saturated carbocycles. The molecule has 17 heavy (non-hydrogen) atoms. The summed E-state index contributed by atoms with van der Waals surface area (Å²) in [6.45, 7) is 0.525. The maximum Gasteiger partial charge on any atom is 0.253 e. The smallest absolute Gasteiger partial charge is 0.253 e. The van der Waals surface area contributed by atoms with Gasteiger partial charge in [-0.1, -0.05) is 23.7 Å². The van der Waals surface area contributed by atoms with E-state index in [9.17, 15) is 9.59 Å². The zero-order valence-electron chi connectivity index (χ0n) is 9.23. The highest BCUT2D eigenvalue weighted by Crippen LogP contribution is 2.13. The lowest BCUT2D eigenvalue weighted by Gasteiger charge is -2.09. The molecular formula is C13H12ClNO2. The fraction of sp³-hybridized carbons (Fsp3) is 0.231. The van der Waals surface area contributed by atoms with E-state index in [4.69, 9.17) is 11.6 Å². The summed E-state index contributed by atoms with van der Waals surface area (Å²) in [6.07, 6.45) is 4.31. The number of imide groups is 1. The number of likely N-dealkylation sites (tertiary alicyclic amines) is 1. The first-order valence-electron chi connectivity index (χ1n) is 5.45. The van der Waals surface area contributed by atoms with Gasteiger partial charge in [-0.3, -0.25) is 14.5 Å². The normalized spacial score (nSPS) is 15.8. The molecule has 0 bridgehead atoms. The Bertz CT molecular complexity index is 482. The minimum atomic E-state index is -0.257. The second-order valence-corrected chi connectivity index (χ2v) is 4.31. The molecule has 0 radical (unpaired) electrons. The van der Waals surface area contributed by atoms with Crippen molar-refractivity contribution in [3.8, 4) is 0 Å². The predicted octanol–water partition coefficient (Wildman–Crippen LogP) is 2.50. The van der Waals surface area contributed by atoms with Crippen LogP contribution < -0.4 is 0 Å². The number of hydrogen-bond donors (Lipinski definition) is 0. The van der Waals surface area contributed by atoms with Crippen molar-refractivity contribution >= 4 is 29.5 Å². The van der Waals surface area contributed by atoms with Gasteiger partial charge in [-0.15, -0.1) is 0 Å². The van der Waals surface area contributed by atoms with Crippen LogP contribution in [0, 0.1) is 0 Å². The molecule has 0 spiro atoms. The summed E-state index contributed by atoms with van der Waals surface area (Å²) in [5.41, 5.74) is 0.845. The topological polar surface area (TPSA) is 37.4 Å². The van der Waals surface area contributed by atoms with E-state index in [0.29, 0.717) is 18.0 Å². The molecule has 0 N–H and O–H groups in total. The van der Waals surface area contributed by atoms with E-state index in [2.05, 4.69) is 0 Å². The van der Waals surface area contributed by atoms with Crippen LogP contribution in [0.25, 0.3) is 6.08 Å². The number of benzene rings is 1. The molecule has 4 heteroatoms. The minimum Gasteiger partial charge on any atom is -0.279 e. The Hall–Kier alpha value is -1.61. The molecule has 2 amide bonds. The molecule has 1 heterocycles. The fourth-order valence-corrected chi connectivity index (χ4v) is 1.95. The number of nitrogens with zero attached hydrogens (tertiary/aromatic N) is 1. The van der Waals surface area contributed by atoms with Gasteiger partial charge in [-0.25, -0.2) is 0 Å². The Morgan fingerprint density at radius 3 is 2.88 bits per heavy atom. The van der Waals surface area contributed by atoms with Gasteiger partial charge in [0.2, 0.25) is 5.91 Å². The summed E-state index contributed by atoms with van der Waals surface area (Å²) in [5, 5.41) is 0.622. The SMILES string of the molecule is O=C(/C=C/c1cccc(Cl)c1)N1CCCC1=O. The number of hydrogen-bond acceptors (Lipinski definition) is 2. The predicted molar refractivity (Wildman–Crippen MR) is 66.4 cm³/mol. The summed E-state index contributed by atoms with van der Waals surface area (Å²) >= 11 is 5.83. The van der Waals surface area contributed by atoms with Gasteiger partial charge in [0, 0.05) is 24.1 Å². The van der Waals surface area contributed by atoms with E-state index in [1.165, 1.54) is 11.0 Å². The van der Waals surface area contributed by atoms with Crippen LogP contribution in [0.15, 0.2) is 30.3 Å². The van der Waals surface area contributed by atoms with Gasteiger partial charge in [-0.05, 0) is 30.2 Å². The Labute approximate surface area is 105 Å². The van der Waals surface area contributed by atoms with Crippen molar-refractivity contribution in [1.29, 1.82) is 0 Å². The Balaban J connectivity index is 2.05. The first-order chi connectivity index (χ1) is 8.16. The third kappa shape index (κ3) is 2.94. The van der Waals surface area contributed by atoms with Crippen molar-refractivity contribution in [2.24, 2.45) is 0 Å². The summed E-state index contributed by atoms with van der Waals surface area (Å²) < 4.78 is 0. The number of carbonyl (C=O) groups excluding carboxylic acids is 2. The summed E-state index contributed by atoms with van der Waals surface area (Å²) in [5.74, 6) is -0.349. The van der Waals surface area contributed by atoms with Crippen LogP contribution in [0.4, 0.5) is 0 Å². The monoisotopic (exact) mass is 249 g/mol. The van der Waals surface area contributed by atoms with E-state index < -0.39 is 0 Å². The molecule has 1 fully saturated rings. The van der Waals surface area contributed by atoms with Crippen LogP contribution in [0.3, 0.4) is 0 Å². The number of carbonyl (C=O) groups is 2. The highest BCUT2D eigenvalue weighted by molar-refractivity contribution is 6.30. The zero-order chi connectivity index (χ0) is 12.3. The molecule has 2 rings (SSSR count). The standard InChI is InChI=1S/C13H12ClNO2/c14-11-4-1-3-10(9-11)6-7-13(17)15-8-2-5-12(15)16/h1,3-4,6-7,9H,2,5,8H2/b7-6+. The van der Waals surface area contributed by atoms with Gasteiger partial charge in [0.05, 0.1) is 0 Å². The van der Waals surface area contributed by atoms with Gasteiger partial charge in [-0.2, -0.15) is 0 Å². The number of rotatable bonds is 2. The van der Waals surface area contributed by atoms with Crippen LogP contribution in [0.1, 0.15) is 18.4 Å². The van der Waals surface area contributed by atoms with Crippen LogP contribution >= 0.6 is 11.6 Å². The highest BCUT2D eigenvalue weighted by Gasteiger charge is 2.24. The van der Waals surface area contributed by atoms with Crippen LogP contribution in [0.2, 0.25) is 5.02 Å². The van der Waals surface area contributed by atoms with Crippen LogP contribution in [-0.4, -0.2) is 23.3 Å². The van der Waals surface area contributed by atoms with Gasteiger partial charge >= 0.3 is 0 Å². The van der Waals surface area contributed by atoms with E-state index in [-0.39, 0.29) is 11.8 Å².